The zero-order valence-electron chi connectivity index (χ0n) is 22.6. The van der Waals surface area contributed by atoms with Crippen molar-refractivity contribution in [1.82, 2.24) is 9.13 Å². The number of hydrogen-bond donors (Lipinski definition) is 0. The third-order valence-electron chi connectivity index (χ3n) is 8.42. The summed E-state index contributed by atoms with van der Waals surface area (Å²) in [6.45, 7) is 0. The number of nitrogens with zero attached hydrogens (tertiary/aromatic N) is 6. The van der Waals surface area contributed by atoms with E-state index >= 15 is 0 Å². The number of benzene rings is 6. The Morgan fingerprint density at radius 3 is 1.25 bits per heavy atom. The lowest BCUT2D eigenvalue weighted by Gasteiger charge is -2.29. The maximum Gasteiger partial charge on any atom is 0.154 e. The van der Waals surface area contributed by atoms with E-state index in [1.807, 2.05) is 60.7 Å². The molecule has 8 nitrogen and oxygen atoms in total. The van der Waals surface area contributed by atoms with E-state index in [1.165, 1.54) is 0 Å². The Hall–Kier alpha value is -7.00. The Labute approximate surface area is 247 Å². The summed E-state index contributed by atoms with van der Waals surface area (Å²) in [7, 11) is 0. The first-order valence-electron chi connectivity index (χ1n) is 13.7. The van der Waals surface area contributed by atoms with E-state index in [1.54, 1.807) is 24.3 Å². The smallest absolute Gasteiger partial charge is 0.154 e. The lowest BCUT2D eigenvalue weighted by atomic mass is 9.99. The molecule has 6 aromatic rings. The molecule has 0 amide bonds. The Kier molecular flexibility index (Phi) is 4.45. The molecule has 3 heterocycles. The van der Waals surface area contributed by atoms with Gasteiger partial charge < -0.3 is 8.83 Å². The molecular formula is C36H14N6O2. The van der Waals surface area contributed by atoms with E-state index in [0.29, 0.717) is 33.4 Å². The van der Waals surface area contributed by atoms with Gasteiger partial charge in [0.1, 0.15) is 35.7 Å². The normalized spacial score (nSPS) is 11.5. The quantitative estimate of drug-likeness (QED) is 0.135. The van der Waals surface area contributed by atoms with Crippen molar-refractivity contribution >= 4 is 65.9 Å². The standard InChI is InChI=1S/C36H14N6O2/c37-15-21-9-27-30(14-24(21)18-40)44-32-12-20-6-2-4-8-26(20)34-36(32)41(27)33-25-7-3-1-5-19(25)11-31-35(33)42(34)28-10-22(16-38)23(17-39)13-29(28)43-31/h1-14H. The first-order chi connectivity index (χ1) is 21.6. The second-order valence-corrected chi connectivity index (χ2v) is 10.6. The SMILES string of the molecule is N#Cc1cc2oc3cc4ccccc4c4c3-n(c2cc1C#N)c1c2c(cc3ccccc31)oc1cc(C#N)c(C#N)cc1n4-2. The highest BCUT2D eigenvalue weighted by molar-refractivity contribution is 6.17. The van der Waals surface area contributed by atoms with Crippen LogP contribution in [0.25, 0.3) is 77.3 Å². The van der Waals surface area contributed by atoms with Crippen LogP contribution in [0.2, 0.25) is 0 Å². The number of rotatable bonds is 0. The van der Waals surface area contributed by atoms with Crippen LogP contribution < -0.4 is 0 Å². The van der Waals surface area contributed by atoms with Gasteiger partial charge in [0.2, 0.25) is 0 Å². The van der Waals surface area contributed by atoms with Crippen LogP contribution in [0.1, 0.15) is 22.3 Å². The highest BCUT2D eigenvalue weighted by Crippen LogP contribution is 2.47. The van der Waals surface area contributed by atoms with Gasteiger partial charge in [0, 0.05) is 22.9 Å². The van der Waals surface area contributed by atoms with Gasteiger partial charge in [-0.25, -0.2) is 0 Å². The molecule has 0 unspecified atom stereocenters. The van der Waals surface area contributed by atoms with Gasteiger partial charge in [-0.05, 0) is 35.0 Å². The number of hydrogen-bond acceptors (Lipinski definition) is 6. The minimum absolute atomic E-state index is 0.226. The zero-order valence-corrected chi connectivity index (χ0v) is 22.6. The molecule has 9 rings (SSSR count). The summed E-state index contributed by atoms with van der Waals surface area (Å²) in [5.74, 6) is 0. The molecule has 0 saturated heterocycles. The predicted molar refractivity (Wildman–Crippen MR) is 165 cm³/mol. The monoisotopic (exact) mass is 562 g/mol. The minimum Gasteiger partial charge on any atom is -0.453 e. The fourth-order valence-corrected chi connectivity index (χ4v) is 6.59. The van der Waals surface area contributed by atoms with Crippen molar-refractivity contribution in [2.45, 2.75) is 0 Å². The molecule has 0 atom stereocenters. The summed E-state index contributed by atoms with van der Waals surface area (Å²) < 4.78 is 17.3. The van der Waals surface area contributed by atoms with Crippen molar-refractivity contribution in [2.24, 2.45) is 0 Å². The predicted octanol–water partition coefficient (Wildman–Crippen LogP) is 8.30. The lowest BCUT2D eigenvalue weighted by Crippen LogP contribution is -2.15. The van der Waals surface area contributed by atoms with Gasteiger partial charge in [-0.15, -0.1) is 0 Å². The molecule has 200 valence electrons. The van der Waals surface area contributed by atoms with Crippen LogP contribution in [-0.4, -0.2) is 9.13 Å². The first-order valence-corrected chi connectivity index (χ1v) is 13.7. The fraction of sp³-hybridized carbons (Fsp3) is 0. The number of fused-ring (bicyclic) bond motifs is 10. The van der Waals surface area contributed by atoms with Crippen LogP contribution >= 0.6 is 0 Å². The van der Waals surface area contributed by atoms with Crippen molar-refractivity contribution in [2.75, 3.05) is 0 Å². The van der Waals surface area contributed by atoms with Crippen LogP contribution in [0, 0.1) is 45.3 Å². The summed E-state index contributed by atoms with van der Waals surface area (Å²) in [6, 6.07) is 35.1. The number of nitriles is 4. The fourth-order valence-electron chi connectivity index (χ4n) is 6.59. The third kappa shape index (κ3) is 2.86. The van der Waals surface area contributed by atoms with E-state index < -0.39 is 0 Å². The van der Waals surface area contributed by atoms with Crippen molar-refractivity contribution in [3.05, 3.63) is 107 Å². The molecule has 0 saturated carbocycles. The van der Waals surface area contributed by atoms with Gasteiger partial charge in [-0.1, -0.05) is 48.5 Å². The summed E-state index contributed by atoms with van der Waals surface area (Å²) in [4.78, 5) is 0. The van der Waals surface area contributed by atoms with Gasteiger partial charge >= 0.3 is 0 Å². The number of aromatic nitrogens is 2. The second kappa shape index (κ2) is 8.28. The molecular weight excluding hydrogens is 548 g/mol. The van der Waals surface area contributed by atoms with E-state index in [0.717, 1.165) is 44.0 Å². The van der Waals surface area contributed by atoms with Crippen LogP contribution in [-0.2, 0) is 0 Å². The summed E-state index contributed by atoms with van der Waals surface area (Å²) in [5.41, 5.74) is 7.30. The van der Waals surface area contributed by atoms with Crippen LogP contribution in [0.3, 0.4) is 0 Å². The van der Waals surface area contributed by atoms with Gasteiger partial charge in [0.05, 0.1) is 44.3 Å². The van der Waals surface area contributed by atoms with Gasteiger partial charge in [0.15, 0.2) is 22.3 Å². The molecule has 6 aromatic carbocycles. The van der Waals surface area contributed by atoms with Crippen LogP contribution in [0.5, 0.6) is 0 Å². The van der Waals surface area contributed by atoms with E-state index in [9.17, 15) is 21.0 Å². The van der Waals surface area contributed by atoms with Gasteiger partial charge in [0.25, 0.3) is 0 Å². The van der Waals surface area contributed by atoms with Crippen LogP contribution in [0.15, 0.2) is 93.8 Å². The van der Waals surface area contributed by atoms with Crippen molar-refractivity contribution in [3.8, 4) is 35.7 Å². The maximum atomic E-state index is 9.98. The zero-order chi connectivity index (χ0) is 29.7. The average Bonchev–Trinajstić information content (AvgIpc) is 3.07. The van der Waals surface area contributed by atoms with E-state index in [4.69, 9.17) is 8.83 Å². The Morgan fingerprint density at radius 1 is 0.455 bits per heavy atom. The molecule has 0 aliphatic carbocycles. The van der Waals surface area contributed by atoms with E-state index in [2.05, 4.69) is 33.4 Å². The molecule has 3 aliphatic heterocycles. The first kappa shape index (κ1) is 23.7. The van der Waals surface area contributed by atoms with Gasteiger partial charge in [-0.2, -0.15) is 21.0 Å². The molecule has 3 aliphatic rings. The minimum atomic E-state index is 0.226. The van der Waals surface area contributed by atoms with Crippen molar-refractivity contribution in [1.29, 1.82) is 21.0 Å². The molecule has 0 N–H and O–H groups in total. The maximum absolute atomic E-state index is 9.98. The molecule has 44 heavy (non-hydrogen) atoms. The summed E-state index contributed by atoms with van der Waals surface area (Å²) in [5, 5.41) is 43.3. The molecule has 0 radical (unpaired) electrons. The Bertz CT molecular complexity index is 2680. The topological polar surface area (TPSA) is 131 Å². The lowest BCUT2D eigenvalue weighted by molar-refractivity contribution is 0.641. The molecule has 0 spiro atoms. The summed E-state index contributed by atoms with van der Waals surface area (Å²) >= 11 is 0. The second-order valence-electron chi connectivity index (χ2n) is 10.6. The highest BCUT2D eigenvalue weighted by Gasteiger charge is 2.30. The molecule has 0 aromatic heterocycles. The third-order valence-corrected chi connectivity index (χ3v) is 8.42. The largest absolute Gasteiger partial charge is 0.453 e. The van der Waals surface area contributed by atoms with Crippen LogP contribution in [0.4, 0.5) is 0 Å². The Balaban J connectivity index is 1.71. The molecule has 8 heteroatoms. The van der Waals surface area contributed by atoms with Gasteiger partial charge in [-0.3, -0.25) is 9.13 Å². The Morgan fingerprint density at radius 2 is 0.841 bits per heavy atom. The highest BCUT2D eigenvalue weighted by atomic mass is 16.3. The molecule has 0 fully saturated rings. The van der Waals surface area contributed by atoms with E-state index in [-0.39, 0.29) is 22.3 Å². The van der Waals surface area contributed by atoms with Crippen molar-refractivity contribution < 1.29 is 8.83 Å². The van der Waals surface area contributed by atoms with Crippen molar-refractivity contribution in [3.63, 3.8) is 0 Å². The molecule has 0 bridgehead atoms. The average molecular weight is 563 g/mol. The summed E-state index contributed by atoms with van der Waals surface area (Å²) in [6.07, 6.45) is 0.